The van der Waals surface area contributed by atoms with Gasteiger partial charge in [0.25, 0.3) is 0 Å². The van der Waals surface area contributed by atoms with E-state index in [2.05, 4.69) is 5.32 Å². The smallest absolute Gasteiger partial charge is 0.222 e. The fourth-order valence-electron chi connectivity index (χ4n) is 4.02. The standard InChI is InChI=1S/C24H31N3O4S/c1-32(30,31)27-17-8-16-26(24(29)14-13-20-9-4-2-5-10-20)18-15-25-23(28)19-22(27)21-11-6-3-7-12-21/h2-7,9-12,22H,8,13-19H2,1H3,(H,25,28). The SMILES string of the molecule is CS(=O)(=O)N1CCCN(C(=O)CCc2ccccc2)CCNC(=O)CC1c1ccccc1. The molecule has 0 saturated carbocycles. The number of aryl methyl sites for hydroxylation is 1. The van der Waals surface area contributed by atoms with E-state index < -0.39 is 16.1 Å². The summed E-state index contributed by atoms with van der Waals surface area (Å²) in [6, 6.07) is 18.5. The quantitative estimate of drug-likeness (QED) is 0.747. The summed E-state index contributed by atoms with van der Waals surface area (Å²) in [5, 5.41) is 2.86. The van der Waals surface area contributed by atoms with Crippen molar-refractivity contribution in [3.8, 4) is 0 Å². The monoisotopic (exact) mass is 457 g/mol. The maximum absolute atomic E-state index is 12.8. The fraction of sp³-hybridized carbons (Fsp3) is 0.417. The van der Waals surface area contributed by atoms with Gasteiger partial charge >= 0.3 is 0 Å². The van der Waals surface area contributed by atoms with Gasteiger partial charge in [0.1, 0.15) is 0 Å². The van der Waals surface area contributed by atoms with E-state index in [-0.39, 0.29) is 24.8 Å². The van der Waals surface area contributed by atoms with Crippen molar-refractivity contribution in [2.24, 2.45) is 0 Å². The second kappa shape index (κ2) is 11.2. The highest BCUT2D eigenvalue weighted by molar-refractivity contribution is 7.88. The van der Waals surface area contributed by atoms with Gasteiger partial charge in [-0.05, 0) is 24.0 Å². The molecule has 2 aromatic carbocycles. The summed E-state index contributed by atoms with van der Waals surface area (Å²) >= 11 is 0. The Kier molecular flexibility index (Phi) is 8.41. The van der Waals surface area contributed by atoms with Gasteiger partial charge in [-0.25, -0.2) is 8.42 Å². The van der Waals surface area contributed by atoms with Gasteiger partial charge in [0, 0.05) is 39.0 Å². The maximum atomic E-state index is 12.8. The zero-order chi connectivity index (χ0) is 23.0. The maximum Gasteiger partial charge on any atom is 0.222 e. The zero-order valence-corrected chi connectivity index (χ0v) is 19.3. The minimum absolute atomic E-state index is 0.00728. The van der Waals surface area contributed by atoms with Crippen LogP contribution in [0.2, 0.25) is 0 Å². The molecule has 8 heteroatoms. The van der Waals surface area contributed by atoms with E-state index in [0.717, 1.165) is 11.1 Å². The van der Waals surface area contributed by atoms with Gasteiger partial charge in [0.05, 0.1) is 12.3 Å². The van der Waals surface area contributed by atoms with Gasteiger partial charge in [-0.2, -0.15) is 4.31 Å². The summed E-state index contributed by atoms with van der Waals surface area (Å²) in [4.78, 5) is 27.2. The fourth-order valence-corrected chi connectivity index (χ4v) is 5.14. The molecule has 0 radical (unpaired) electrons. The van der Waals surface area contributed by atoms with E-state index in [1.807, 2.05) is 60.7 Å². The first-order chi connectivity index (χ1) is 15.3. The third-order valence-electron chi connectivity index (χ3n) is 5.67. The predicted octanol–water partition coefficient (Wildman–Crippen LogP) is 2.36. The second-order valence-electron chi connectivity index (χ2n) is 8.07. The largest absolute Gasteiger partial charge is 0.354 e. The molecule has 1 aliphatic heterocycles. The molecule has 1 unspecified atom stereocenters. The van der Waals surface area contributed by atoms with Crippen LogP contribution < -0.4 is 5.32 Å². The van der Waals surface area contributed by atoms with Crippen LogP contribution in [0.25, 0.3) is 0 Å². The molecule has 7 nitrogen and oxygen atoms in total. The average Bonchev–Trinajstić information content (AvgIpc) is 2.82. The average molecular weight is 458 g/mol. The summed E-state index contributed by atoms with van der Waals surface area (Å²) in [6.45, 7) is 1.44. The molecule has 1 fully saturated rings. The van der Waals surface area contributed by atoms with Crippen LogP contribution in [0.3, 0.4) is 0 Å². The van der Waals surface area contributed by atoms with Crippen molar-refractivity contribution in [2.45, 2.75) is 31.7 Å². The number of hydrogen-bond acceptors (Lipinski definition) is 4. The molecule has 2 aromatic rings. The molecule has 0 spiro atoms. The van der Waals surface area contributed by atoms with E-state index in [0.29, 0.717) is 38.9 Å². The molecule has 2 amide bonds. The lowest BCUT2D eigenvalue weighted by atomic mass is 10.0. The Morgan fingerprint density at radius 3 is 2.31 bits per heavy atom. The summed E-state index contributed by atoms with van der Waals surface area (Å²) < 4.78 is 26.6. The first kappa shape index (κ1) is 23.9. The van der Waals surface area contributed by atoms with Crippen LogP contribution in [0.15, 0.2) is 60.7 Å². The van der Waals surface area contributed by atoms with E-state index >= 15 is 0 Å². The van der Waals surface area contributed by atoms with Gasteiger partial charge in [0.2, 0.25) is 21.8 Å². The first-order valence-corrected chi connectivity index (χ1v) is 12.8. The topological polar surface area (TPSA) is 86.8 Å². The van der Waals surface area contributed by atoms with E-state index in [9.17, 15) is 18.0 Å². The molecular weight excluding hydrogens is 426 g/mol. The van der Waals surface area contributed by atoms with E-state index in [1.165, 1.54) is 10.6 Å². The Bertz CT molecular complexity index is 996. The summed E-state index contributed by atoms with van der Waals surface area (Å²) in [5.41, 5.74) is 1.88. The number of carbonyl (C=O) groups is 2. The van der Waals surface area contributed by atoms with Crippen molar-refractivity contribution in [1.29, 1.82) is 0 Å². The molecule has 1 heterocycles. The molecule has 1 atom stereocenters. The number of rotatable bonds is 5. The van der Waals surface area contributed by atoms with Gasteiger partial charge in [-0.3, -0.25) is 9.59 Å². The van der Waals surface area contributed by atoms with Crippen molar-refractivity contribution in [3.63, 3.8) is 0 Å². The molecule has 1 N–H and O–H groups in total. The number of nitrogens with zero attached hydrogens (tertiary/aromatic N) is 2. The Hall–Kier alpha value is -2.71. The number of carbonyl (C=O) groups excluding carboxylic acids is 2. The number of nitrogens with one attached hydrogen (secondary N) is 1. The van der Waals surface area contributed by atoms with Crippen LogP contribution in [0.1, 0.15) is 36.4 Å². The van der Waals surface area contributed by atoms with E-state index in [1.54, 1.807) is 4.90 Å². The number of benzene rings is 2. The lowest BCUT2D eigenvalue weighted by molar-refractivity contribution is -0.131. The normalized spacial score (nSPS) is 19.1. The molecule has 3 rings (SSSR count). The van der Waals surface area contributed by atoms with Gasteiger partial charge in [0.15, 0.2) is 0 Å². The number of hydrogen-bond donors (Lipinski definition) is 1. The highest BCUT2D eigenvalue weighted by Gasteiger charge is 2.30. The minimum Gasteiger partial charge on any atom is -0.354 e. The minimum atomic E-state index is -3.56. The van der Waals surface area contributed by atoms with Gasteiger partial charge < -0.3 is 10.2 Å². The molecule has 0 aliphatic carbocycles. The lowest BCUT2D eigenvalue weighted by Gasteiger charge is -2.30. The lowest BCUT2D eigenvalue weighted by Crippen LogP contribution is -2.39. The highest BCUT2D eigenvalue weighted by Crippen LogP contribution is 2.27. The third kappa shape index (κ3) is 6.90. The van der Waals surface area contributed by atoms with Crippen LogP contribution in [-0.2, 0) is 26.0 Å². The second-order valence-corrected chi connectivity index (χ2v) is 10.0. The summed E-state index contributed by atoms with van der Waals surface area (Å²) in [7, 11) is -3.56. The summed E-state index contributed by atoms with van der Waals surface area (Å²) in [5.74, 6) is -0.223. The van der Waals surface area contributed by atoms with Crippen LogP contribution in [0, 0.1) is 0 Å². The van der Waals surface area contributed by atoms with Crippen molar-refractivity contribution < 1.29 is 18.0 Å². The Morgan fingerprint density at radius 2 is 1.66 bits per heavy atom. The Labute approximate surface area is 190 Å². The zero-order valence-electron chi connectivity index (χ0n) is 18.4. The summed E-state index contributed by atoms with van der Waals surface area (Å²) in [6.07, 6.45) is 2.73. The van der Waals surface area contributed by atoms with Crippen LogP contribution in [-0.4, -0.2) is 61.9 Å². The van der Waals surface area contributed by atoms with E-state index in [4.69, 9.17) is 0 Å². The molecule has 0 aromatic heterocycles. The van der Waals surface area contributed by atoms with Crippen molar-refractivity contribution in [2.75, 3.05) is 32.4 Å². The molecule has 0 bridgehead atoms. The van der Waals surface area contributed by atoms with Crippen molar-refractivity contribution in [3.05, 3.63) is 71.8 Å². The van der Waals surface area contributed by atoms with Gasteiger partial charge in [-0.15, -0.1) is 0 Å². The Morgan fingerprint density at radius 1 is 1.00 bits per heavy atom. The van der Waals surface area contributed by atoms with Crippen LogP contribution in [0.5, 0.6) is 0 Å². The number of amides is 2. The molecular formula is C24H31N3O4S. The highest BCUT2D eigenvalue weighted by atomic mass is 32.2. The number of sulfonamides is 1. The van der Waals surface area contributed by atoms with Crippen molar-refractivity contribution in [1.82, 2.24) is 14.5 Å². The predicted molar refractivity (Wildman–Crippen MR) is 124 cm³/mol. The molecule has 1 aliphatic rings. The molecule has 1 saturated heterocycles. The van der Waals surface area contributed by atoms with Crippen molar-refractivity contribution >= 4 is 21.8 Å². The molecule has 172 valence electrons. The molecule has 32 heavy (non-hydrogen) atoms. The third-order valence-corrected chi connectivity index (χ3v) is 6.96. The Balaban J connectivity index is 1.73. The van der Waals surface area contributed by atoms with Gasteiger partial charge in [-0.1, -0.05) is 60.7 Å². The first-order valence-electron chi connectivity index (χ1n) is 10.9. The van der Waals surface area contributed by atoms with Crippen LogP contribution >= 0.6 is 0 Å². The van der Waals surface area contributed by atoms with Crippen LogP contribution in [0.4, 0.5) is 0 Å².